The Bertz CT molecular complexity index is 684. The monoisotopic (exact) mass is 311 g/mol. The van der Waals surface area contributed by atoms with Crippen LogP contribution in [-0.2, 0) is 4.79 Å². The van der Waals surface area contributed by atoms with Crippen LogP contribution in [0.5, 0.6) is 0 Å². The van der Waals surface area contributed by atoms with Gasteiger partial charge in [0.1, 0.15) is 5.82 Å². The third-order valence-electron chi connectivity index (χ3n) is 3.42. The summed E-state index contributed by atoms with van der Waals surface area (Å²) in [5, 5.41) is 5.59. The molecule has 0 aliphatic heterocycles. The minimum atomic E-state index is -0.211. The second-order valence-corrected chi connectivity index (χ2v) is 5.36. The van der Waals surface area contributed by atoms with Crippen molar-refractivity contribution in [2.45, 2.75) is 33.1 Å². The van der Waals surface area contributed by atoms with E-state index >= 15 is 0 Å². The molecule has 1 aromatic carbocycles. The highest BCUT2D eigenvalue weighted by molar-refractivity contribution is 6.03. The van der Waals surface area contributed by atoms with Crippen molar-refractivity contribution in [1.29, 1.82) is 0 Å². The average molecular weight is 311 g/mol. The number of rotatable bonds is 6. The molecule has 0 bridgehead atoms. The minimum Gasteiger partial charge on any atom is -0.325 e. The Morgan fingerprint density at radius 2 is 1.87 bits per heavy atom. The van der Waals surface area contributed by atoms with Gasteiger partial charge in [0.15, 0.2) is 0 Å². The molecule has 2 N–H and O–H groups in total. The number of nitrogens with zero attached hydrogens (tertiary/aromatic N) is 1. The molecule has 0 unspecified atom stereocenters. The Labute approximate surface area is 136 Å². The smallest absolute Gasteiger partial charge is 0.256 e. The predicted molar refractivity (Wildman–Crippen MR) is 91.5 cm³/mol. The number of amides is 2. The number of hydrogen-bond donors (Lipinski definition) is 2. The van der Waals surface area contributed by atoms with E-state index in [2.05, 4.69) is 15.6 Å². The molecule has 0 saturated carbocycles. The lowest BCUT2D eigenvalue weighted by molar-refractivity contribution is -0.116. The molecule has 23 heavy (non-hydrogen) atoms. The standard InChI is InChI=1S/C18H21N3O2/c1-3-4-10-17(22)20-15-12-19-16(11-13(15)2)21-18(23)14-8-6-5-7-9-14/h5-9,11-12H,3-4,10H2,1-2H3,(H,20,22)(H,19,21,23). The number of nitrogens with one attached hydrogen (secondary N) is 2. The highest BCUT2D eigenvalue weighted by Gasteiger charge is 2.09. The topological polar surface area (TPSA) is 71.1 Å². The van der Waals surface area contributed by atoms with E-state index in [1.165, 1.54) is 0 Å². The van der Waals surface area contributed by atoms with Crippen molar-refractivity contribution in [3.05, 3.63) is 53.7 Å². The summed E-state index contributed by atoms with van der Waals surface area (Å²) < 4.78 is 0. The van der Waals surface area contributed by atoms with Gasteiger partial charge in [-0.15, -0.1) is 0 Å². The van der Waals surface area contributed by atoms with Crippen LogP contribution in [0.25, 0.3) is 0 Å². The summed E-state index contributed by atoms with van der Waals surface area (Å²) in [4.78, 5) is 28.0. The average Bonchev–Trinajstić information content (AvgIpc) is 2.56. The number of aryl methyl sites for hydroxylation is 1. The molecular weight excluding hydrogens is 290 g/mol. The molecular formula is C18H21N3O2. The van der Waals surface area contributed by atoms with Gasteiger partial charge in [0.05, 0.1) is 11.9 Å². The van der Waals surface area contributed by atoms with Crippen LogP contribution in [0.4, 0.5) is 11.5 Å². The molecule has 1 heterocycles. The van der Waals surface area contributed by atoms with Crippen LogP contribution < -0.4 is 10.6 Å². The zero-order valence-electron chi connectivity index (χ0n) is 13.4. The van der Waals surface area contributed by atoms with Gasteiger partial charge in [-0.25, -0.2) is 4.98 Å². The molecule has 0 radical (unpaired) electrons. The van der Waals surface area contributed by atoms with Crippen LogP contribution in [0, 0.1) is 6.92 Å². The van der Waals surface area contributed by atoms with Crippen molar-refractivity contribution in [2.24, 2.45) is 0 Å². The minimum absolute atomic E-state index is 0.0159. The molecule has 120 valence electrons. The first-order valence-corrected chi connectivity index (χ1v) is 7.73. The number of hydrogen-bond acceptors (Lipinski definition) is 3. The summed E-state index contributed by atoms with van der Waals surface area (Å²) in [7, 11) is 0. The summed E-state index contributed by atoms with van der Waals surface area (Å²) in [6, 6.07) is 10.7. The lowest BCUT2D eigenvalue weighted by Crippen LogP contribution is -2.15. The van der Waals surface area contributed by atoms with Gasteiger partial charge in [-0.3, -0.25) is 9.59 Å². The summed E-state index contributed by atoms with van der Waals surface area (Å²) in [5.41, 5.74) is 2.10. The van der Waals surface area contributed by atoms with Crippen LogP contribution in [0.3, 0.4) is 0 Å². The van der Waals surface area contributed by atoms with E-state index in [0.717, 1.165) is 18.4 Å². The van der Waals surface area contributed by atoms with E-state index in [0.29, 0.717) is 23.5 Å². The molecule has 0 atom stereocenters. The van der Waals surface area contributed by atoms with Gasteiger partial charge >= 0.3 is 0 Å². The normalized spacial score (nSPS) is 10.2. The van der Waals surface area contributed by atoms with E-state index in [-0.39, 0.29) is 11.8 Å². The van der Waals surface area contributed by atoms with Crippen molar-refractivity contribution >= 4 is 23.3 Å². The summed E-state index contributed by atoms with van der Waals surface area (Å²) in [6.45, 7) is 3.92. The molecule has 0 aliphatic carbocycles. The van der Waals surface area contributed by atoms with Gasteiger partial charge in [0.2, 0.25) is 5.91 Å². The number of anilines is 2. The first-order valence-electron chi connectivity index (χ1n) is 7.73. The zero-order chi connectivity index (χ0) is 16.7. The number of pyridine rings is 1. The van der Waals surface area contributed by atoms with Gasteiger partial charge in [-0.1, -0.05) is 31.5 Å². The van der Waals surface area contributed by atoms with E-state index in [9.17, 15) is 9.59 Å². The SMILES string of the molecule is CCCCC(=O)Nc1cnc(NC(=O)c2ccccc2)cc1C. The first-order chi connectivity index (χ1) is 11.1. The maximum absolute atomic E-state index is 12.1. The molecule has 0 fully saturated rings. The van der Waals surface area contributed by atoms with Gasteiger partial charge in [-0.2, -0.15) is 0 Å². The fourth-order valence-corrected chi connectivity index (χ4v) is 2.08. The zero-order valence-corrected chi connectivity index (χ0v) is 13.4. The summed E-state index contributed by atoms with van der Waals surface area (Å²) in [5.74, 6) is 0.234. The Hall–Kier alpha value is -2.69. The maximum atomic E-state index is 12.1. The lowest BCUT2D eigenvalue weighted by Gasteiger charge is -2.10. The van der Waals surface area contributed by atoms with Gasteiger partial charge < -0.3 is 10.6 Å². The van der Waals surface area contributed by atoms with Gasteiger partial charge in [0, 0.05) is 12.0 Å². The third-order valence-corrected chi connectivity index (χ3v) is 3.42. The number of aromatic nitrogens is 1. The number of benzene rings is 1. The largest absolute Gasteiger partial charge is 0.325 e. The van der Waals surface area contributed by atoms with Crippen molar-refractivity contribution < 1.29 is 9.59 Å². The molecule has 1 aromatic heterocycles. The van der Waals surface area contributed by atoms with Crippen LogP contribution in [0.1, 0.15) is 42.1 Å². The number of carbonyl (C=O) groups is 2. The maximum Gasteiger partial charge on any atom is 0.256 e. The van der Waals surface area contributed by atoms with Gasteiger partial charge in [0.25, 0.3) is 5.91 Å². The van der Waals surface area contributed by atoms with E-state index < -0.39 is 0 Å². The lowest BCUT2D eigenvalue weighted by atomic mass is 10.2. The van der Waals surface area contributed by atoms with Crippen LogP contribution in [0.15, 0.2) is 42.6 Å². The quantitative estimate of drug-likeness (QED) is 0.853. The summed E-state index contributed by atoms with van der Waals surface area (Å²) in [6.07, 6.45) is 3.92. The molecule has 0 aliphatic rings. The van der Waals surface area contributed by atoms with E-state index in [1.54, 1.807) is 24.4 Å². The first kappa shape index (κ1) is 16.7. The van der Waals surface area contributed by atoms with Crippen LogP contribution >= 0.6 is 0 Å². The summed E-state index contributed by atoms with van der Waals surface area (Å²) >= 11 is 0. The second kappa shape index (κ2) is 8.08. The van der Waals surface area contributed by atoms with Crippen molar-refractivity contribution in [3.63, 3.8) is 0 Å². The molecule has 2 amide bonds. The highest BCUT2D eigenvalue weighted by atomic mass is 16.2. The third kappa shape index (κ3) is 4.92. The Morgan fingerprint density at radius 1 is 1.13 bits per heavy atom. The van der Waals surface area contributed by atoms with Crippen LogP contribution in [-0.4, -0.2) is 16.8 Å². The van der Waals surface area contributed by atoms with E-state index in [4.69, 9.17) is 0 Å². The molecule has 0 saturated heterocycles. The van der Waals surface area contributed by atoms with Crippen molar-refractivity contribution in [2.75, 3.05) is 10.6 Å². The Balaban J connectivity index is 2.01. The van der Waals surface area contributed by atoms with Gasteiger partial charge in [-0.05, 0) is 37.1 Å². The molecule has 0 spiro atoms. The van der Waals surface area contributed by atoms with Crippen molar-refractivity contribution in [3.8, 4) is 0 Å². The molecule has 5 heteroatoms. The van der Waals surface area contributed by atoms with Crippen LogP contribution in [0.2, 0.25) is 0 Å². The van der Waals surface area contributed by atoms with E-state index in [1.807, 2.05) is 32.0 Å². The number of carbonyl (C=O) groups excluding carboxylic acids is 2. The molecule has 2 aromatic rings. The Kier molecular flexibility index (Phi) is 5.86. The second-order valence-electron chi connectivity index (χ2n) is 5.36. The van der Waals surface area contributed by atoms with Crippen molar-refractivity contribution in [1.82, 2.24) is 4.98 Å². The predicted octanol–water partition coefficient (Wildman–Crippen LogP) is 3.77. The highest BCUT2D eigenvalue weighted by Crippen LogP contribution is 2.18. The number of unbranched alkanes of at least 4 members (excludes halogenated alkanes) is 1. The molecule has 2 rings (SSSR count). The fraction of sp³-hybridized carbons (Fsp3) is 0.278. The fourth-order valence-electron chi connectivity index (χ4n) is 2.08. The Morgan fingerprint density at radius 3 is 2.52 bits per heavy atom. The molecule has 5 nitrogen and oxygen atoms in total.